The van der Waals surface area contributed by atoms with E-state index in [2.05, 4.69) is 10.6 Å². The predicted molar refractivity (Wildman–Crippen MR) is 102 cm³/mol. The van der Waals surface area contributed by atoms with Gasteiger partial charge in [0, 0.05) is 23.6 Å². The maximum absolute atomic E-state index is 12.8. The summed E-state index contributed by atoms with van der Waals surface area (Å²) in [5.41, 5.74) is 2.07. The average molecular weight is 374 g/mol. The van der Waals surface area contributed by atoms with Crippen LogP contribution in [0, 0.1) is 0 Å². The SMILES string of the molecule is CNC(=O)c1c(NC(=O)c2cc(OC)cc(OC)c2)sc2c1CCCC2. The van der Waals surface area contributed by atoms with E-state index in [1.807, 2.05) is 0 Å². The third-order valence-electron chi connectivity index (χ3n) is 4.47. The number of thiophene rings is 1. The fraction of sp³-hybridized carbons (Fsp3) is 0.368. The van der Waals surface area contributed by atoms with Gasteiger partial charge >= 0.3 is 0 Å². The van der Waals surface area contributed by atoms with Gasteiger partial charge in [-0.3, -0.25) is 9.59 Å². The summed E-state index contributed by atoms with van der Waals surface area (Å²) in [5.74, 6) is 0.604. The Morgan fingerprint density at radius 3 is 2.27 bits per heavy atom. The largest absolute Gasteiger partial charge is 0.497 e. The number of benzene rings is 1. The minimum Gasteiger partial charge on any atom is -0.497 e. The van der Waals surface area contributed by atoms with Crippen LogP contribution in [-0.4, -0.2) is 33.1 Å². The first-order valence-electron chi connectivity index (χ1n) is 8.48. The van der Waals surface area contributed by atoms with Crippen LogP contribution < -0.4 is 20.1 Å². The number of methoxy groups -OCH3 is 2. The zero-order valence-corrected chi connectivity index (χ0v) is 15.9. The number of aryl methyl sites for hydroxylation is 1. The summed E-state index contributed by atoms with van der Waals surface area (Å²) in [7, 11) is 4.68. The lowest BCUT2D eigenvalue weighted by Crippen LogP contribution is -2.22. The van der Waals surface area contributed by atoms with Crippen molar-refractivity contribution in [2.45, 2.75) is 25.7 Å². The van der Waals surface area contributed by atoms with Crippen molar-refractivity contribution in [2.75, 3.05) is 26.6 Å². The second kappa shape index (κ2) is 7.78. The fourth-order valence-electron chi connectivity index (χ4n) is 3.13. The van der Waals surface area contributed by atoms with Crippen molar-refractivity contribution >= 4 is 28.2 Å². The molecule has 0 unspecified atom stereocenters. The predicted octanol–water partition coefficient (Wildman–Crippen LogP) is 3.26. The van der Waals surface area contributed by atoms with Gasteiger partial charge in [0.15, 0.2) is 0 Å². The smallest absolute Gasteiger partial charge is 0.256 e. The number of carbonyl (C=O) groups excluding carboxylic acids is 2. The van der Waals surface area contributed by atoms with Gasteiger partial charge in [0.1, 0.15) is 16.5 Å². The highest BCUT2D eigenvalue weighted by atomic mass is 32.1. The molecule has 7 heteroatoms. The molecule has 2 N–H and O–H groups in total. The van der Waals surface area contributed by atoms with Crippen molar-refractivity contribution in [2.24, 2.45) is 0 Å². The van der Waals surface area contributed by atoms with Gasteiger partial charge in [-0.1, -0.05) is 0 Å². The van der Waals surface area contributed by atoms with Gasteiger partial charge in [0.25, 0.3) is 11.8 Å². The molecule has 0 atom stereocenters. The Morgan fingerprint density at radius 1 is 1.00 bits per heavy atom. The molecule has 1 aliphatic rings. The van der Waals surface area contributed by atoms with E-state index in [1.165, 1.54) is 30.4 Å². The molecule has 2 amide bonds. The molecule has 0 bridgehead atoms. The monoisotopic (exact) mass is 374 g/mol. The number of ether oxygens (including phenoxy) is 2. The van der Waals surface area contributed by atoms with Gasteiger partial charge in [-0.15, -0.1) is 11.3 Å². The van der Waals surface area contributed by atoms with Crippen molar-refractivity contribution in [1.82, 2.24) is 5.32 Å². The zero-order valence-electron chi connectivity index (χ0n) is 15.1. The van der Waals surface area contributed by atoms with Crippen molar-refractivity contribution in [3.8, 4) is 11.5 Å². The summed E-state index contributed by atoms with van der Waals surface area (Å²) >= 11 is 1.49. The van der Waals surface area contributed by atoms with Crippen LogP contribution in [0.25, 0.3) is 0 Å². The summed E-state index contributed by atoms with van der Waals surface area (Å²) in [6.07, 6.45) is 4.00. The molecule has 1 heterocycles. The lowest BCUT2D eigenvalue weighted by atomic mass is 9.95. The molecule has 1 aromatic heterocycles. The Kier molecular flexibility index (Phi) is 5.46. The molecule has 0 radical (unpaired) electrons. The normalized spacial score (nSPS) is 12.9. The number of hydrogen-bond acceptors (Lipinski definition) is 5. The van der Waals surface area contributed by atoms with E-state index in [0.29, 0.717) is 27.6 Å². The minimum absolute atomic E-state index is 0.164. The number of rotatable bonds is 5. The summed E-state index contributed by atoms with van der Waals surface area (Å²) in [6.45, 7) is 0. The molecule has 138 valence electrons. The van der Waals surface area contributed by atoms with E-state index in [4.69, 9.17) is 9.47 Å². The van der Waals surface area contributed by atoms with Gasteiger partial charge in [0.05, 0.1) is 19.8 Å². The minimum atomic E-state index is -0.300. The Labute approximate surface area is 156 Å². The lowest BCUT2D eigenvalue weighted by Gasteiger charge is -2.12. The third-order valence-corrected chi connectivity index (χ3v) is 5.67. The Bertz CT molecular complexity index is 822. The van der Waals surface area contributed by atoms with Gasteiger partial charge in [-0.25, -0.2) is 0 Å². The van der Waals surface area contributed by atoms with Gasteiger partial charge in [-0.2, -0.15) is 0 Å². The highest BCUT2D eigenvalue weighted by molar-refractivity contribution is 7.17. The van der Waals surface area contributed by atoms with Crippen LogP contribution in [0.4, 0.5) is 5.00 Å². The van der Waals surface area contributed by atoms with Crippen molar-refractivity contribution < 1.29 is 19.1 Å². The van der Waals surface area contributed by atoms with Crippen LogP contribution in [-0.2, 0) is 12.8 Å². The van der Waals surface area contributed by atoms with Crippen LogP contribution >= 0.6 is 11.3 Å². The van der Waals surface area contributed by atoms with Crippen molar-refractivity contribution in [1.29, 1.82) is 0 Å². The van der Waals surface area contributed by atoms with Crippen LogP contribution in [0.15, 0.2) is 18.2 Å². The number of anilines is 1. The molecule has 3 rings (SSSR count). The van der Waals surface area contributed by atoms with E-state index in [-0.39, 0.29) is 11.8 Å². The molecule has 2 aromatic rings. The summed E-state index contributed by atoms with van der Waals surface area (Å²) < 4.78 is 10.4. The molecule has 0 fully saturated rings. The Hall–Kier alpha value is -2.54. The molecule has 0 saturated carbocycles. The molecule has 0 spiro atoms. The molecule has 6 nitrogen and oxygen atoms in total. The second-order valence-corrected chi connectivity index (χ2v) is 7.15. The Balaban J connectivity index is 1.95. The summed E-state index contributed by atoms with van der Waals surface area (Å²) in [4.78, 5) is 26.4. The first-order valence-corrected chi connectivity index (χ1v) is 9.30. The summed E-state index contributed by atoms with van der Waals surface area (Å²) in [6, 6.07) is 4.99. The molecule has 1 aromatic carbocycles. The molecule has 0 saturated heterocycles. The highest BCUT2D eigenvalue weighted by Gasteiger charge is 2.26. The standard InChI is InChI=1S/C19H22N2O4S/c1-20-18(23)16-14-6-4-5-7-15(14)26-19(16)21-17(22)11-8-12(24-2)10-13(9-11)25-3/h8-10H,4-7H2,1-3H3,(H,20,23)(H,21,22). The number of carbonyl (C=O) groups is 2. The van der Waals surface area contributed by atoms with Gasteiger partial charge in [-0.05, 0) is 43.4 Å². The number of hydrogen-bond donors (Lipinski definition) is 2. The molecule has 26 heavy (non-hydrogen) atoms. The quantitative estimate of drug-likeness (QED) is 0.842. The first-order chi connectivity index (χ1) is 12.6. The zero-order chi connectivity index (χ0) is 18.7. The first kappa shape index (κ1) is 18.3. The molecule has 1 aliphatic carbocycles. The van der Waals surface area contributed by atoms with Crippen molar-refractivity contribution in [3.63, 3.8) is 0 Å². The van der Waals surface area contributed by atoms with E-state index in [1.54, 1.807) is 25.2 Å². The number of nitrogens with one attached hydrogen (secondary N) is 2. The van der Waals surface area contributed by atoms with Crippen LogP contribution in [0.5, 0.6) is 11.5 Å². The highest BCUT2D eigenvalue weighted by Crippen LogP contribution is 2.38. The van der Waals surface area contributed by atoms with E-state index >= 15 is 0 Å². The van der Waals surface area contributed by atoms with Gasteiger partial charge in [0.2, 0.25) is 0 Å². The molecular formula is C19H22N2O4S. The third kappa shape index (κ3) is 3.53. The topological polar surface area (TPSA) is 76.7 Å². The Morgan fingerprint density at radius 2 is 1.65 bits per heavy atom. The van der Waals surface area contributed by atoms with Crippen LogP contribution in [0.2, 0.25) is 0 Å². The lowest BCUT2D eigenvalue weighted by molar-refractivity contribution is 0.0963. The van der Waals surface area contributed by atoms with E-state index < -0.39 is 0 Å². The van der Waals surface area contributed by atoms with E-state index in [0.717, 1.165) is 31.2 Å². The number of fused-ring (bicyclic) bond motifs is 1. The van der Waals surface area contributed by atoms with E-state index in [9.17, 15) is 9.59 Å². The second-order valence-electron chi connectivity index (χ2n) is 6.05. The summed E-state index contributed by atoms with van der Waals surface area (Å²) in [5, 5.41) is 6.19. The molecular weight excluding hydrogens is 352 g/mol. The van der Waals surface area contributed by atoms with Crippen LogP contribution in [0.1, 0.15) is 44.0 Å². The van der Waals surface area contributed by atoms with Crippen LogP contribution in [0.3, 0.4) is 0 Å². The maximum atomic E-state index is 12.8. The van der Waals surface area contributed by atoms with Crippen molar-refractivity contribution in [3.05, 3.63) is 39.8 Å². The maximum Gasteiger partial charge on any atom is 0.256 e. The molecule has 0 aliphatic heterocycles. The van der Waals surface area contributed by atoms with Gasteiger partial charge < -0.3 is 20.1 Å². The fourth-order valence-corrected chi connectivity index (χ4v) is 4.41. The average Bonchev–Trinajstić information content (AvgIpc) is 3.04. The number of amides is 2.